The summed E-state index contributed by atoms with van der Waals surface area (Å²) in [7, 11) is 0. The van der Waals surface area contributed by atoms with Gasteiger partial charge in [0.1, 0.15) is 17.0 Å². The second-order valence-electron chi connectivity index (χ2n) is 30.8. The quantitative estimate of drug-likeness (QED) is 0.123. The van der Waals surface area contributed by atoms with Crippen molar-refractivity contribution in [3.8, 4) is 0 Å². The van der Waals surface area contributed by atoms with Crippen LogP contribution in [-0.4, -0.2) is 150 Å². The molecule has 3 atom stereocenters. The second kappa shape index (κ2) is 37.9. The van der Waals surface area contributed by atoms with Crippen molar-refractivity contribution in [2.24, 2.45) is 51.8 Å². The maximum Gasteiger partial charge on any atom is 0.410 e. The smallest absolute Gasteiger partial charge is 0.410 e. The first-order valence-corrected chi connectivity index (χ1v) is 32.6. The zero-order chi connectivity index (χ0) is 66.1. The molecule has 6 fully saturated rings. The molecule has 0 aromatic heterocycles. The van der Waals surface area contributed by atoms with Crippen LogP contribution in [0.1, 0.15) is 250 Å². The maximum atomic E-state index is 11.9. The van der Waals surface area contributed by atoms with Crippen molar-refractivity contribution >= 4 is 53.4 Å². The van der Waals surface area contributed by atoms with Crippen LogP contribution in [0.4, 0.5) is 9.59 Å². The number of likely N-dealkylation sites (tertiary alicyclic amines) is 3. The van der Waals surface area contributed by atoms with Crippen molar-refractivity contribution in [1.29, 1.82) is 0 Å². The molecule has 3 saturated carbocycles. The fraction of sp³-hybridized carbons (Fsp3) is 0.868. The van der Waals surface area contributed by atoms with Gasteiger partial charge in [-0.3, -0.25) is 33.6 Å². The number of Topliss-reactive ketones (excluding diaryl/α,β-unsaturated/α-hetero) is 1. The zero-order valence-corrected chi connectivity index (χ0v) is 58.1. The molecule has 19 nitrogen and oxygen atoms in total. The lowest BCUT2D eigenvalue weighted by Gasteiger charge is -2.24. The summed E-state index contributed by atoms with van der Waals surface area (Å²) in [5.74, 6) is 2.98. The molecular weight excluding hydrogens is 1100 g/mol. The number of nitrogens with one attached hydrogen (secondary N) is 5. The summed E-state index contributed by atoms with van der Waals surface area (Å²) in [4.78, 5) is 109. The Hall–Kier alpha value is -4.97. The molecule has 3 heterocycles. The molecule has 3 saturated heterocycles. The van der Waals surface area contributed by atoms with Gasteiger partial charge in [0.15, 0.2) is 0 Å². The fourth-order valence-corrected chi connectivity index (χ4v) is 9.27. The van der Waals surface area contributed by atoms with E-state index in [0.29, 0.717) is 57.0 Å². The molecule has 0 aromatic rings. The number of hydrogen-bond donors (Lipinski definition) is 5. The number of ether oxygens (including phenoxy) is 2. The Morgan fingerprint density at radius 1 is 0.414 bits per heavy atom. The van der Waals surface area contributed by atoms with E-state index in [1.54, 1.807) is 21.6 Å². The van der Waals surface area contributed by atoms with Crippen LogP contribution in [0.25, 0.3) is 0 Å². The van der Waals surface area contributed by atoms with Gasteiger partial charge < -0.3 is 50.8 Å². The minimum Gasteiger partial charge on any atom is -0.444 e. The Bertz CT molecular complexity index is 2130. The average molecular weight is 1230 g/mol. The van der Waals surface area contributed by atoms with Crippen LogP contribution < -0.4 is 26.6 Å². The van der Waals surface area contributed by atoms with Crippen LogP contribution in [0, 0.1) is 51.8 Å². The normalized spacial score (nSPS) is 19.6. The standard InChI is InChI=1S/C14H26N2O3.C13H24N2O3.C11H20N2O2.2C10H19NO.C9H16O.CH4/c1-10(2)12(17)15-8-11-6-7-16(9-11)13(18)19-14(3,4)5;1-9(2)11(16)14-10-6-7-15(8-10)12(17)18-13(3,4)5;1-8(14)13-6-5-9(7-13)12-10(15)11(2,3)4;1-10(2,3)9(12)11-8-6-4-5-7-8;1-8(2)10(12)11-7-9-5-3-4-6-9;1-9(2,3)8(10)6-7-4-5-7;/h10-11H,6-9H2,1-5H3,(H,15,17);9-10H,6-8H2,1-5H3,(H,14,16);9H,5-7H2,1-4H3,(H,12,15);8H,4-7H2,1-3H3,(H,11,12);8-9H,3-7H2,1-2H3,(H,11,12);7H,4-6H2,1-3H3;1H4/t;10-;9-;;;;/m.00..../s1. The topological polar surface area (TPSA) is 242 Å². The summed E-state index contributed by atoms with van der Waals surface area (Å²) < 4.78 is 10.6. The van der Waals surface area contributed by atoms with E-state index in [-0.39, 0.29) is 101 Å². The number of carbonyl (C=O) groups is 9. The number of ketones is 1. The number of amides is 8. The van der Waals surface area contributed by atoms with Gasteiger partial charge in [0, 0.05) is 118 Å². The summed E-state index contributed by atoms with van der Waals surface area (Å²) in [6.07, 6.45) is 15.6. The Labute approximate surface area is 528 Å². The number of hydrogen-bond acceptors (Lipinski definition) is 11. The van der Waals surface area contributed by atoms with E-state index in [2.05, 4.69) is 26.6 Å². The summed E-state index contributed by atoms with van der Waals surface area (Å²) in [6.45, 7) is 47.0. The first-order valence-electron chi connectivity index (χ1n) is 32.6. The molecular formula is C68H128N8O11. The second-order valence-corrected chi connectivity index (χ2v) is 30.8. The lowest BCUT2D eigenvalue weighted by molar-refractivity contribution is -0.130. The molecule has 3 aliphatic heterocycles. The van der Waals surface area contributed by atoms with E-state index in [9.17, 15) is 43.2 Å². The van der Waals surface area contributed by atoms with E-state index >= 15 is 0 Å². The molecule has 6 rings (SSSR count). The van der Waals surface area contributed by atoms with Crippen LogP contribution in [0.15, 0.2) is 0 Å². The van der Waals surface area contributed by atoms with E-state index in [1.807, 2.05) is 145 Å². The van der Waals surface area contributed by atoms with Crippen molar-refractivity contribution in [3.05, 3.63) is 0 Å². The molecule has 5 N–H and O–H groups in total. The molecule has 0 bridgehead atoms. The van der Waals surface area contributed by atoms with E-state index in [4.69, 9.17) is 9.47 Å². The highest BCUT2D eigenvalue weighted by Crippen LogP contribution is 2.35. The molecule has 506 valence electrons. The number of nitrogens with zero attached hydrogens (tertiary/aromatic N) is 3. The van der Waals surface area contributed by atoms with E-state index in [1.165, 1.54) is 64.2 Å². The van der Waals surface area contributed by atoms with E-state index in [0.717, 1.165) is 50.6 Å². The zero-order valence-electron chi connectivity index (χ0n) is 58.1. The molecule has 0 aromatic carbocycles. The minimum atomic E-state index is -0.476. The SMILES string of the molecule is C.CC(=O)N1CC[C@H](NC(=O)C(C)(C)C)C1.CC(C)(C)C(=O)CC1CC1.CC(C)(C)C(=O)NC1CCCC1.CC(C)C(=O)NCC1CCCC1.CC(C)C(=O)NCC1CCN(C(=O)OC(C)(C)C)C1.CC(C)C(=O)N[C@H]1CCN(C(=O)OC(C)(C)C)C1. The molecule has 0 spiro atoms. The highest BCUT2D eigenvalue weighted by Gasteiger charge is 2.34. The largest absolute Gasteiger partial charge is 0.444 e. The van der Waals surface area contributed by atoms with Crippen molar-refractivity contribution < 1.29 is 52.6 Å². The predicted octanol–water partition coefficient (Wildman–Crippen LogP) is 11.6. The van der Waals surface area contributed by atoms with Crippen LogP contribution in [0.5, 0.6) is 0 Å². The van der Waals surface area contributed by atoms with Crippen molar-refractivity contribution in [3.63, 3.8) is 0 Å². The lowest BCUT2D eigenvalue weighted by Crippen LogP contribution is -2.43. The van der Waals surface area contributed by atoms with Gasteiger partial charge in [-0.15, -0.1) is 0 Å². The third-order valence-electron chi connectivity index (χ3n) is 15.3. The first kappa shape index (κ1) is 82.0. The Morgan fingerprint density at radius 2 is 0.782 bits per heavy atom. The van der Waals surface area contributed by atoms with Crippen LogP contribution in [0.3, 0.4) is 0 Å². The van der Waals surface area contributed by atoms with Gasteiger partial charge in [0.05, 0.1) is 0 Å². The minimum absolute atomic E-state index is 0. The van der Waals surface area contributed by atoms with Gasteiger partial charge in [-0.05, 0) is 117 Å². The van der Waals surface area contributed by atoms with Crippen LogP contribution >= 0.6 is 0 Å². The van der Waals surface area contributed by atoms with Gasteiger partial charge in [0.25, 0.3) is 0 Å². The molecule has 1 unspecified atom stereocenters. The van der Waals surface area contributed by atoms with Crippen molar-refractivity contribution in [2.45, 2.75) is 279 Å². The van der Waals surface area contributed by atoms with Crippen molar-refractivity contribution in [2.75, 3.05) is 52.4 Å². The van der Waals surface area contributed by atoms with E-state index < -0.39 is 11.2 Å². The van der Waals surface area contributed by atoms with Gasteiger partial charge in [-0.1, -0.05) is 137 Å². The van der Waals surface area contributed by atoms with Gasteiger partial charge in [0.2, 0.25) is 35.4 Å². The molecule has 19 heteroatoms. The molecule has 8 amide bonds. The van der Waals surface area contributed by atoms with Gasteiger partial charge in [-0.25, -0.2) is 9.59 Å². The predicted molar refractivity (Wildman–Crippen MR) is 349 cm³/mol. The molecule has 87 heavy (non-hydrogen) atoms. The highest BCUT2D eigenvalue weighted by molar-refractivity contribution is 5.84. The monoisotopic (exact) mass is 1230 g/mol. The summed E-state index contributed by atoms with van der Waals surface area (Å²) in [5.41, 5.74) is -1.63. The average Bonchev–Trinajstić information content (AvgIpc) is 3.84. The Morgan fingerprint density at radius 3 is 1.16 bits per heavy atom. The highest BCUT2D eigenvalue weighted by atomic mass is 16.6. The summed E-state index contributed by atoms with van der Waals surface area (Å²) in [5, 5.41) is 14.9. The summed E-state index contributed by atoms with van der Waals surface area (Å²) in [6, 6.07) is 0.629. The van der Waals surface area contributed by atoms with Crippen LogP contribution in [0.2, 0.25) is 0 Å². The molecule has 3 aliphatic carbocycles. The van der Waals surface area contributed by atoms with Crippen molar-refractivity contribution in [1.82, 2.24) is 41.3 Å². The molecule has 6 aliphatic rings. The third kappa shape index (κ3) is 37.0. The van der Waals surface area contributed by atoms with Gasteiger partial charge in [-0.2, -0.15) is 0 Å². The van der Waals surface area contributed by atoms with Gasteiger partial charge >= 0.3 is 12.2 Å². The lowest BCUT2D eigenvalue weighted by atomic mass is 9.88. The summed E-state index contributed by atoms with van der Waals surface area (Å²) >= 11 is 0. The Kier molecular flexibility index (Phi) is 35.7. The Balaban J connectivity index is 0.00000103. The molecule has 0 radical (unpaired) electrons. The maximum absolute atomic E-state index is 11.9. The fourth-order valence-electron chi connectivity index (χ4n) is 9.27. The first-order chi connectivity index (χ1) is 39.4. The third-order valence-corrected chi connectivity index (χ3v) is 15.3. The van der Waals surface area contributed by atoms with Crippen LogP contribution in [-0.2, 0) is 43.0 Å². The number of carbonyl (C=O) groups excluding carboxylic acids is 9. The number of rotatable bonds is 12.